The molecule has 0 spiro atoms. The van der Waals surface area contributed by atoms with Gasteiger partial charge in [0.05, 0.1) is 0 Å². The van der Waals surface area contributed by atoms with Crippen molar-refractivity contribution in [3.63, 3.8) is 0 Å². The lowest BCUT2D eigenvalue weighted by Gasteiger charge is -2.06. The van der Waals surface area contributed by atoms with E-state index in [2.05, 4.69) is 15.6 Å². The lowest BCUT2D eigenvalue weighted by molar-refractivity contribution is -0.119. The largest absolute Gasteiger partial charge is 0.370 e. The van der Waals surface area contributed by atoms with Gasteiger partial charge in [-0.1, -0.05) is 24.6 Å². The van der Waals surface area contributed by atoms with Crippen LogP contribution in [0.25, 0.3) is 0 Å². The average molecular weight is 376 g/mol. The minimum atomic E-state index is -0.120. The van der Waals surface area contributed by atoms with Gasteiger partial charge in [0.2, 0.25) is 5.91 Å². The van der Waals surface area contributed by atoms with Crippen molar-refractivity contribution in [3.05, 3.63) is 29.8 Å². The van der Waals surface area contributed by atoms with E-state index in [0.29, 0.717) is 6.54 Å². The van der Waals surface area contributed by atoms with Gasteiger partial charge in [-0.2, -0.15) is 0 Å². The zero-order chi connectivity index (χ0) is 13.4. The van der Waals surface area contributed by atoms with Crippen LogP contribution in [0.5, 0.6) is 0 Å². The number of hydrogen-bond acceptors (Lipinski definition) is 2. The first-order valence-electron chi connectivity index (χ1n) is 6.02. The number of halogens is 1. The summed E-state index contributed by atoms with van der Waals surface area (Å²) in [7, 11) is 0. The average Bonchev–Trinajstić information content (AvgIpc) is 2.36. The first-order valence-corrected chi connectivity index (χ1v) is 6.02. The Bertz CT molecular complexity index is 417. The van der Waals surface area contributed by atoms with Crippen LogP contribution in [0.3, 0.4) is 0 Å². The molecule has 0 aromatic heterocycles. The molecule has 1 aromatic rings. The number of carbonyl (C=O) groups excluding carboxylic acids is 1. The number of nitrogens with one attached hydrogen (secondary N) is 2. The number of rotatable bonds is 5. The third-order valence-electron chi connectivity index (χ3n) is 2.29. The van der Waals surface area contributed by atoms with Gasteiger partial charge < -0.3 is 16.4 Å². The monoisotopic (exact) mass is 376 g/mol. The summed E-state index contributed by atoms with van der Waals surface area (Å²) < 4.78 is 0. The van der Waals surface area contributed by atoms with Gasteiger partial charge >= 0.3 is 0 Å². The second-order valence-electron chi connectivity index (χ2n) is 4.04. The molecule has 0 unspecified atom stereocenters. The van der Waals surface area contributed by atoms with Crippen molar-refractivity contribution in [2.24, 2.45) is 10.7 Å². The number of nitrogens with zero attached hydrogens (tertiary/aromatic N) is 1. The zero-order valence-corrected chi connectivity index (χ0v) is 13.6. The first-order chi connectivity index (χ1) is 8.61. The highest BCUT2D eigenvalue weighted by Crippen LogP contribution is 2.07. The molecule has 0 bridgehead atoms. The van der Waals surface area contributed by atoms with Crippen molar-refractivity contribution in [3.8, 4) is 0 Å². The molecule has 0 aliphatic carbocycles. The van der Waals surface area contributed by atoms with Crippen molar-refractivity contribution in [2.45, 2.75) is 20.3 Å². The van der Waals surface area contributed by atoms with Gasteiger partial charge in [-0.25, -0.2) is 4.99 Å². The summed E-state index contributed by atoms with van der Waals surface area (Å²) in [6, 6.07) is 7.77. The molecule has 19 heavy (non-hydrogen) atoms. The lowest BCUT2D eigenvalue weighted by atomic mass is 10.2. The number of amides is 1. The van der Waals surface area contributed by atoms with Gasteiger partial charge in [0.15, 0.2) is 5.96 Å². The summed E-state index contributed by atoms with van der Waals surface area (Å²) in [4.78, 5) is 15.3. The molecule has 0 saturated heterocycles. The normalized spacial score (nSPS) is 10.5. The molecule has 0 atom stereocenters. The maximum Gasteiger partial charge on any atom is 0.241 e. The molecule has 1 amide bonds. The fourth-order valence-corrected chi connectivity index (χ4v) is 1.30. The molecule has 0 aliphatic rings. The van der Waals surface area contributed by atoms with Crippen LogP contribution >= 0.6 is 24.0 Å². The molecule has 0 radical (unpaired) electrons. The van der Waals surface area contributed by atoms with Gasteiger partial charge in [0.1, 0.15) is 6.54 Å². The molecule has 1 aromatic carbocycles. The standard InChI is InChI=1S/C13H20N4O.HI/c1-3-8-15-12(18)9-16-13(14)17-11-6-4-10(2)5-7-11;/h4-7H,3,8-9H2,1-2H3,(H,15,18)(H3,14,16,17);1H. The molecule has 0 saturated carbocycles. The number of hydrogen-bond donors (Lipinski definition) is 3. The zero-order valence-electron chi connectivity index (χ0n) is 11.3. The van der Waals surface area contributed by atoms with Crippen molar-refractivity contribution >= 4 is 41.5 Å². The van der Waals surface area contributed by atoms with Gasteiger partial charge in [0, 0.05) is 12.2 Å². The maximum atomic E-state index is 11.3. The molecular weight excluding hydrogens is 355 g/mol. The topological polar surface area (TPSA) is 79.5 Å². The predicted octanol–water partition coefficient (Wildman–Crippen LogP) is 1.87. The summed E-state index contributed by atoms with van der Waals surface area (Å²) in [5.74, 6) is 0.121. The molecule has 1 rings (SSSR count). The molecular formula is C13H21IN4O. The van der Waals surface area contributed by atoms with E-state index in [-0.39, 0.29) is 42.4 Å². The van der Waals surface area contributed by atoms with Crippen molar-refractivity contribution in [2.75, 3.05) is 18.4 Å². The Morgan fingerprint density at radius 1 is 1.32 bits per heavy atom. The fourth-order valence-electron chi connectivity index (χ4n) is 1.30. The summed E-state index contributed by atoms with van der Waals surface area (Å²) in [6.07, 6.45) is 0.909. The highest BCUT2D eigenvalue weighted by molar-refractivity contribution is 14.0. The molecule has 6 heteroatoms. The Kier molecular flexibility index (Phi) is 8.94. The molecule has 106 valence electrons. The van der Waals surface area contributed by atoms with Crippen LogP contribution in [0.2, 0.25) is 0 Å². The van der Waals surface area contributed by atoms with E-state index in [1.54, 1.807) is 0 Å². The minimum absolute atomic E-state index is 0. The second kappa shape index (κ2) is 9.60. The number of carbonyl (C=O) groups is 1. The quantitative estimate of drug-likeness (QED) is 0.417. The van der Waals surface area contributed by atoms with Crippen LogP contribution < -0.4 is 16.4 Å². The maximum absolute atomic E-state index is 11.3. The molecule has 5 nitrogen and oxygen atoms in total. The van der Waals surface area contributed by atoms with E-state index >= 15 is 0 Å². The van der Waals surface area contributed by atoms with Gasteiger partial charge in [0.25, 0.3) is 0 Å². The van der Waals surface area contributed by atoms with Crippen LogP contribution in [0, 0.1) is 6.92 Å². The van der Waals surface area contributed by atoms with Gasteiger partial charge in [-0.3, -0.25) is 4.79 Å². The van der Waals surface area contributed by atoms with E-state index in [0.717, 1.165) is 12.1 Å². The van der Waals surface area contributed by atoms with Crippen molar-refractivity contribution in [1.82, 2.24) is 5.32 Å². The van der Waals surface area contributed by atoms with E-state index in [1.807, 2.05) is 38.1 Å². The Morgan fingerprint density at radius 2 is 1.95 bits per heavy atom. The molecule has 0 heterocycles. The molecule has 4 N–H and O–H groups in total. The summed E-state index contributed by atoms with van der Waals surface area (Å²) in [5, 5.41) is 5.66. The number of aryl methyl sites for hydroxylation is 1. The summed E-state index contributed by atoms with van der Waals surface area (Å²) in [5.41, 5.74) is 7.71. The highest BCUT2D eigenvalue weighted by Gasteiger charge is 1.99. The van der Waals surface area contributed by atoms with Crippen LogP contribution in [0.15, 0.2) is 29.3 Å². The molecule has 0 fully saturated rings. The van der Waals surface area contributed by atoms with E-state index in [1.165, 1.54) is 5.56 Å². The SMILES string of the molecule is CCCNC(=O)CN=C(N)Nc1ccc(C)cc1.I. The third kappa shape index (κ3) is 7.66. The van der Waals surface area contributed by atoms with Crippen molar-refractivity contribution in [1.29, 1.82) is 0 Å². The number of aliphatic imine (C=N–C) groups is 1. The Hall–Kier alpha value is -1.31. The predicted molar refractivity (Wildman–Crippen MR) is 90.0 cm³/mol. The van der Waals surface area contributed by atoms with Crippen LogP contribution in [0.1, 0.15) is 18.9 Å². The van der Waals surface area contributed by atoms with Gasteiger partial charge in [-0.15, -0.1) is 24.0 Å². The lowest BCUT2D eigenvalue weighted by Crippen LogP contribution is -2.29. The van der Waals surface area contributed by atoms with Gasteiger partial charge in [-0.05, 0) is 25.5 Å². The van der Waals surface area contributed by atoms with E-state index < -0.39 is 0 Å². The smallest absolute Gasteiger partial charge is 0.241 e. The van der Waals surface area contributed by atoms with E-state index in [9.17, 15) is 4.79 Å². The van der Waals surface area contributed by atoms with Crippen LogP contribution in [0.4, 0.5) is 5.69 Å². The summed E-state index contributed by atoms with van der Waals surface area (Å²) >= 11 is 0. The Labute approximate surface area is 131 Å². The van der Waals surface area contributed by atoms with E-state index in [4.69, 9.17) is 5.73 Å². The molecule has 0 aliphatic heterocycles. The first kappa shape index (κ1) is 17.7. The number of nitrogens with two attached hydrogens (primary N) is 1. The minimum Gasteiger partial charge on any atom is -0.370 e. The number of benzene rings is 1. The number of guanidine groups is 1. The number of anilines is 1. The fraction of sp³-hybridized carbons (Fsp3) is 0.385. The summed E-state index contributed by atoms with van der Waals surface area (Å²) in [6.45, 7) is 4.72. The van der Waals surface area contributed by atoms with Crippen LogP contribution in [-0.2, 0) is 4.79 Å². The second-order valence-corrected chi connectivity index (χ2v) is 4.04. The Balaban J connectivity index is 0.00000324. The highest BCUT2D eigenvalue weighted by atomic mass is 127. The third-order valence-corrected chi connectivity index (χ3v) is 2.29. The van der Waals surface area contributed by atoms with Crippen molar-refractivity contribution < 1.29 is 4.79 Å². The van der Waals surface area contributed by atoms with Crippen LogP contribution in [-0.4, -0.2) is 25.0 Å². The Morgan fingerprint density at radius 3 is 2.53 bits per heavy atom.